The van der Waals surface area contributed by atoms with Crippen molar-refractivity contribution in [2.75, 3.05) is 0 Å². The van der Waals surface area contributed by atoms with Crippen molar-refractivity contribution in [3.05, 3.63) is 0 Å². The first kappa shape index (κ1) is 9.75. The third-order valence-corrected chi connectivity index (χ3v) is 0. The van der Waals surface area contributed by atoms with E-state index >= 15 is 0 Å². The van der Waals surface area contributed by atoms with Gasteiger partial charge in [-0.25, -0.2) is 5.26 Å². The van der Waals surface area contributed by atoms with Crippen LogP contribution in [-0.2, 0) is 0 Å². The molecule has 0 aliphatic heterocycles. The standard InChI is InChI=1S/C2H6.CHN/c2*1-2/h1-2H3;1H. The Morgan fingerprint density at radius 1 is 1.25 bits per heavy atom. The summed E-state index contributed by atoms with van der Waals surface area (Å²) in [5, 5.41) is 6.50. The van der Waals surface area contributed by atoms with Gasteiger partial charge in [-0.05, 0) is 0 Å². The minimum Gasteiger partial charge on any atom is -0.202 e. The molecule has 0 bridgehead atoms. The van der Waals surface area contributed by atoms with Crippen LogP contribution in [0.4, 0.5) is 0 Å². The van der Waals surface area contributed by atoms with Crippen LogP contribution in [0, 0.1) is 11.8 Å². The number of hydrogen-bond acceptors (Lipinski definition) is 1. The van der Waals surface area contributed by atoms with Crippen LogP contribution in [0.15, 0.2) is 0 Å². The van der Waals surface area contributed by atoms with E-state index in [1.54, 1.807) is 0 Å². The van der Waals surface area contributed by atoms with Gasteiger partial charge in [-0.3, -0.25) is 0 Å². The highest BCUT2D eigenvalue weighted by Crippen LogP contribution is 1.14. The molecule has 0 N–H and O–H groups in total. The van der Waals surface area contributed by atoms with Crippen molar-refractivity contribution < 1.29 is 0 Å². The summed E-state index contributed by atoms with van der Waals surface area (Å²) in [7, 11) is 0. The van der Waals surface area contributed by atoms with Gasteiger partial charge >= 0.3 is 0 Å². The topological polar surface area (TPSA) is 23.8 Å². The lowest BCUT2D eigenvalue weighted by molar-refractivity contribution is 1.50. The highest BCUT2D eigenvalue weighted by Gasteiger charge is 0.932. The van der Waals surface area contributed by atoms with Crippen LogP contribution in [0.1, 0.15) is 13.8 Å². The summed E-state index contributed by atoms with van der Waals surface area (Å²) in [5.41, 5.74) is 0. The fourth-order valence-electron chi connectivity index (χ4n) is 0. The average Bonchev–Trinajstić information content (AvgIpc) is 1.50. The molecule has 0 saturated heterocycles. The van der Waals surface area contributed by atoms with Crippen molar-refractivity contribution in [2.24, 2.45) is 0 Å². The number of nitriles is 1. The Kier molecular flexibility index (Phi) is 51.8. The molecule has 0 aliphatic rings. The summed E-state index contributed by atoms with van der Waals surface area (Å²) in [6.07, 6.45) is 0. The van der Waals surface area contributed by atoms with Crippen LogP contribution in [-0.4, -0.2) is 0 Å². The molecular formula is C3H7N. The Labute approximate surface area is 26.9 Å². The summed E-state index contributed by atoms with van der Waals surface area (Å²) >= 11 is 0. The van der Waals surface area contributed by atoms with Gasteiger partial charge in [-0.1, -0.05) is 13.8 Å². The monoisotopic (exact) mass is 57.1 g/mol. The van der Waals surface area contributed by atoms with Gasteiger partial charge in [0.2, 0.25) is 0 Å². The zero-order valence-electron chi connectivity index (χ0n) is 3.02. The molecule has 1 heteroatoms. The Morgan fingerprint density at radius 3 is 1.25 bits per heavy atom. The number of rotatable bonds is 0. The molecule has 0 aliphatic carbocycles. The van der Waals surface area contributed by atoms with Gasteiger partial charge in [0.25, 0.3) is 0 Å². The zero-order chi connectivity index (χ0) is 4.00. The first-order chi connectivity index (χ1) is 2.00. The predicted molar refractivity (Wildman–Crippen MR) is 18.0 cm³/mol. The van der Waals surface area contributed by atoms with Crippen molar-refractivity contribution in [3.8, 4) is 6.57 Å². The summed E-state index contributed by atoms with van der Waals surface area (Å²) in [4.78, 5) is 0. The Bertz CT molecular complexity index is 8.00. The normalized spacial score (nSPS) is 2.00. The van der Waals surface area contributed by atoms with Crippen LogP contribution < -0.4 is 0 Å². The average molecular weight is 57.1 g/mol. The first-order valence-corrected chi connectivity index (χ1v) is 1.26. The van der Waals surface area contributed by atoms with E-state index in [-0.39, 0.29) is 0 Å². The highest BCUT2D eigenvalue weighted by atomic mass is 14.2. The second-order valence-corrected chi connectivity index (χ2v) is 0. The second-order valence-electron chi connectivity index (χ2n) is 0. The van der Waals surface area contributed by atoms with E-state index in [1.165, 1.54) is 0 Å². The van der Waals surface area contributed by atoms with Crippen LogP contribution in [0.25, 0.3) is 0 Å². The fraction of sp³-hybridized carbons (Fsp3) is 0.667. The van der Waals surface area contributed by atoms with E-state index in [4.69, 9.17) is 5.26 Å². The Hall–Kier alpha value is -0.510. The number of hydrogen-bond donors (Lipinski definition) is 0. The lowest BCUT2D eigenvalue weighted by Crippen LogP contribution is -0.856. The molecule has 0 radical (unpaired) electrons. The quantitative estimate of drug-likeness (QED) is 0.409. The minimum absolute atomic E-state index is 2.00. The third kappa shape index (κ3) is 1.38. The SMILES string of the molecule is C#N.CC. The van der Waals surface area contributed by atoms with Gasteiger partial charge in [0.15, 0.2) is 0 Å². The molecule has 0 fully saturated rings. The molecule has 0 heterocycles. The van der Waals surface area contributed by atoms with E-state index in [9.17, 15) is 0 Å². The molecule has 0 atom stereocenters. The molecule has 0 spiro atoms. The minimum atomic E-state index is 2.00. The Morgan fingerprint density at radius 2 is 1.25 bits per heavy atom. The maximum Gasteiger partial charge on any atom is 0.0462 e. The zero-order valence-corrected chi connectivity index (χ0v) is 3.02. The van der Waals surface area contributed by atoms with Gasteiger partial charge in [0.1, 0.15) is 0 Å². The maximum absolute atomic E-state index is 6.50. The van der Waals surface area contributed by atoms with Crippen molar-refractivity contribution in [2.45, 2.75) is 13.8 Å². The van der Waals surface area contributed by atoms with Gasteiger partial charge in [0, 0.05) is 6.57 Å². The van der Waals surface area contributed by atoms with Crippen molar-refractivity contribution in [3.63, 3.8) is 0 Å². The smallest absolute Gasteiger partial charge is 0.0462 e. The van der Waals surface area contributed by atoms with Crippen LogP contribution in [0.2, 0.25) is 0 Å². The van der Waals surface area contributed by atoms with Crippen molar-refractivity contribution in [1.82, 2.24) is 0 Å². The van der Waals surface area contributed by atoms with E-state index in [2.05, 4.69) is 6.57 Å². The fourth-order valence-corrected chi connectivity index (χ4v) is 0. The van der Waals surface area contributed by atoms with Crippen LogP contribution in [0.5, 0.6) is 0 Å². The van der Waals surface area contributed by atoms with E-state index < -0.39 is 0 Å². The lowest BCUT2D eigenvalue weighted by atomic mass is 11.0. The molecule has 0 rings (SSSR count). The van der Waals surface area contributed by atoms with Crippen molar-refractivity contribution in [1.29, 1.82) is 5.26 Å². The molecule has 1 nitrogen and oxygen atoms in total. The van der Waals surface area contributed by atoms with Gasteiger partial charge in [-0.15, -0.1) is 0 Å². The van der Waals surface area contributed by atoms with Crippen LogP contribution in [0.3, 0.4) is 0 Å². The van der Waals surface area contributed by atoms with Crippen LogP contribution >= 0.6 is 0 Å². The van der Waals surface area contributed by atoms with E-state index in [0.717, 1.165) is 0 Å². The Balaban J connectivity index is 0. The van der Waals surface area contributed by atoms with Gasteiger partial charge in [0.05, 0.1) is 0 Å². The van der Waals surface area contributed by atoms with Gasteiger partial charge < -0.3 is 0 Å². The summed E-state index contributed by atoms with van der Waals surface area (Å²) in [5.74, 6) is 0. The molecule has 0 amide bonds. The molecule has 4 heavy (non-hydrogen) atoms. The molecule has 0 aromatic rings. The molecule has 0 saturated carbocycles. The third-order valence-electron chi connectivity index (χ3n) is 0. The molecule has 24 valence electrons. The van der Waals surface area contributed by atoms with E-state index in [1.807, 2.05) is 13.8 Å². The second kappa shape index (κ2) is 21.3. The number of nitrogens with zero attached hydrogens (tertiary/aromatic N) is 1. The van der Waals surface area contributed by atoms with Crippen molar-refractivity contribution >= 4 is 0 Å². The summed E-state index contributed by atoms with van der Waals surface area (Å²) in [6, 6.07) is 0. The molecule has 0 aromatic carbocycles. The largest absolute Gasteiger partial charge is 0.202 e. The predicted octanol–water partition coefficient (Wildman–Crippen LogP) is 1.17. The molecular weight excluding hydrogens is 50.0 g/mol. The van der Waals surface area contributed by atoms with Gasteiger partial charge in [-0.2, -0.15) is 0 Å². The van der Waals surface area contributed by atoms with E-state index in [0.29, 0.717) is 0 Å². The summed E-state index contributed by atoms with van der Waals surface area (Å²) < 4.78 is 0. The lowest BCUT2D eigenvalue weighted by Gasteiger charge is -1.07. The molecule has 0 aromatic heterocycles. The first-order valence-electron chi connectivity index (χ1n) is 1.26. The maximum atomic E-state index is 6.50. The summed E-state index contributed by atoms with van der Waals surface area (Å²) in [6.45, 7) is 7.50. The highest BCUT2D eigenvalue weighted by molar-refractivity contribution is 4.03. The molecule has 0 unspecified atom stereocenters.